The van der Waals surface area contributed by atoms with Crippen molar-refractivity contribution >= 4 is 0 Å². The fraction of sp³-hybridized carbons (Fsp3) is 0.684. The molecule has 5 heteroatoms. The molecule has 2 aliphatic rings. The van der Waals surface area contributed by atoms with Crippen LogP contribution in [0.1, 0.15) is 31.2 Å². The molecule has 24 heavy (non-hydrogen) atoms. The number of methoxy groups -OCH3 is 3. The van der Waals surface area contributed by atoms with Gasteiger partial charge in [-0.3, -0.25) is 4.90 Å². The van der Waals surface area contributed by atoms with Crippen LogP contribution in [0.5, 0.6) is 17.2 Å². The SMILES string of the molecule is COc1ccc(CN2CCC(NCC3CC3)CC2)c(OC)c1OC. The minimum absolute atomic E-state index is 0.679. The zero-order valence-electron chi connectivity index (χ0n) is 15.1. The van der Waals surface area contributed by atoms with E-state index in [9.17, 15) is 0 Å². The van der Waals surface area contributed by atoms with Crippen LogP contribution in [0.15, 0.2) is 12.1 Å². The number of ether oxygens (including phenoxy) is 3. The Bertz CT molecular complexity index is 538. The van der Waals surface area contributed by atoms with Crippen molar-refractivity contribution in [2.24, 2.45) is 5.92 Å². The molecule has 2 fully saturated rings. The summed E-state index contributed by atoms with van der Waals surface area (Å²) in [5.74, 6) is 3.13. The summed E-state index contributed by atoms with van der Waals surface area (Å²) in [4.78, 5) is 2.50. The summed E-state index contributed by atoms with van der Waals surface area (Å²) in [7, 11) is 4.99. The van der Waals surface area contributed by atoms with Gasteiger partial charge >= 0.3 is 0 Å². The van der Waals surface area contributed by atoms with Gasteiger partial charge in [-0.25, -0.2) is 0 Å². The topological polar surface area (TPSA) is 43.0 Å². The number of benzene rings is 1. The van der Waals surface area contributed by atoms with E-state index in [0.29, 0.717) is 17.5 Å². The van der Waals surface area contributed by atoms with Crippen LogP contribution in [-0.2, 0) is 6.54 Å². The van der Waals surface area contributed by atoms with E-state index in [2.05, 4.69) is 16.3 Å². The first kappa shape index (κ1) is 17.4. The van der Waals surface area contributed by atoms with Crippen molar-refractivity contribution in [3.05, 3.63) is 17.7 Å². The van der Waals surface area contributed by atoms with Crippen LogP contribution < -0.4 is 19.5 Å². The van der Waals surface area contributed by atoms with Crippen molar-refractivity contribution in [2.45, 2.75) is 38.3 Å². The Morgan fingerprint density at radius 1 is 0.958 bits per heavy atom. The van der Waals surface area contributed by atoms with Crippen LogP contribution in [-0.4, -0.2) is 51.9 Å². The second kappa shape index (κ2) is 8.08. The summed E-state index contributed by atoms with van der Waals surface area (Å²) >= 11 is 0. The molecule has 1 aliphatic heterocycles. The van der Waals surface area contributed by atoms with Crippen LogP contribution in [0.25, 0.3) is 0 Å². The largest absolute Gasteiger partial charge is 0.493 e. The zero-order valence-corrected chi connectivity index (χ0v) is 15.1. The van der Waals surface area contributed by atoms with Crippen LogP contribution in [0.4, 0.5) is 0 Å². The lowest BCUT2D eigenvalue weighted by molar-refractivity contribution is 0.187. The fourth-order valence-corrected chi connectivity index (χ4v) is 3.48. The normalized spacial score (nSPS) is 19.3. The number of likely N-dealkylation sites (tertiary alicyclic amines) is 1. The molecule has 0 unspecified atom stereocenters. The molecule has 0 atom stereocenters. The van der Waals surface area contributed by atoms with Gasteiger partial charge in [0.2, 0.25) is 5.75 Å². The Balaban J connectivity index is 1.57. The highest BCUT2D eigenvalue weighted by Crippen LogP contribution is 2.40. The molecular formula is C19H30N2O3. The highest BCUT2D eigenvalue weighted by atomic mass is 16.5. The van der Waals surface area contributed by atoms with E-state index in [4.69, 9.17) is 14.2 Å². The van der Waals surface area contributed by atoms with Crippen LogP contribution in [0, 0.1) is 5.92 Å². The number of piperidine rings is 1. The first-order valence-electron chi connectivity index (χ1n) is 8.98. The third-order valence-electron chi connectivity index (χ3n) is 5.16. The molecule has 1 saturated carbocycles. The predicted octanol–water partition coefficient (Wildman–Crippen LogP) is 2.68. The zero-order chi connectivity index (χ0) is 16.9. The van der Waals surface area contributed by atoms with Gasteiger partial charge in [0.05, 0.1) is 21.3 Å². The molecular weight excluding hydrogens is 304 g/mol. The molecule has 0 spiro atoms. The Morgan fingerprint density at radius 3 is 2.25 bits per heavy atom. The van der Waals surface area contributed by atoms with Crippen LogP contribution >= 0.6 is 0 Å². The van der Waals surface area contributed by atoms with Gasteiger partial charge in [-0.15, -0.1) is 0 Å². The Labute approximate surface area is 145 Å². The van der Waals surface area contributed by atoms with Gasteiger partial charge in [-0.2, -0.15) is 0 Å². The number of rotatable bonds is 8. The number of hydrogen-bond acceptors (Lipinski definition) is 5. The maximum atomic E-state index is 5.60. The van der Waals surface area contributed by atoms with Crippen molar-refractivity contribution in [3.63, 3.8) is 0 Å². The highest BCUT2D eigenvalue weighted by Gasteiger charge is 2.25. The molecule has 1 aliphatic carbocycles. The first-order chi connectivity index (χ1) is 11.7. The van der Waals surface area contributed by atoms with E-state index in [1.165, 1.54) is 32.2 Å². The summed E-state index contributed by atoms with van der Waals surface area (Å²) in [5.41, 5.74) is 1.15. The second-order valence-electron chi connectivity index (χ2n) is 6.90. The lowest BCUT2D eigenvalue weighted by Crippen LogP contribution is -2.42. The third kappa shape index (κ3) is 4.14. The van der Waals surface area contributed by atoms with E-state index in [-0.39, 0.29) is 0 Å². The van der Waals surface area contributed by atoms with E-state index >= 15 is 0 Å². The van der Waals surface area contributed by atoms with E-state index in [1.54, 1.807) is 21.3 Å². The van der Waals surface area contributed by atoms with Crippen molar-refractivity contribution < 1.29 is 14.2 Å². The standard InChI is InChI=1S/C19H30N2O3/c1-22-17-7-6-15(18(23-2)19(17)24-3)13-21-10-8-16(9-11-21)20-12-14-4-5-14/h6-7,14,16,20H,4-5,8-13H2,1-3H3. The van der Waals surface area contributed by atoms with Gasteiger partial charge < -0.3 is 19.5 Å². The Hall–Kier alpha value is -1.46. The molecule has 1 saturated heterocycles. The maximum absolute atomic E-state index is 5.60. The van der Waals surface area contributed by atoms with Crippen LogP contribution in [0.3, 0.4) is 0 Å². The minimum Gasteiger partial charge on any atom is -0.493 e. The summed E-state index contributed by atoms with van der Waals surface area (Å²) < 4.78 is 16.4. The monoisotopic (exact) mass is 334 g/mol. The molecule has 1 heterocycles. The summed E-state index contributed by atoms with van der Waals surface area (Å²) in [6.45, 7) is 4.35. The molecule has 0 radical (unpaired) electrons. The smallest absolute Gasteiger partial charge is 0.203 e. The van der Waals surface area contributed by atoms with Gasteiger partial charge in [-0.05, 0) is 57.3 Å². The Kier molecular flexibility index (Phi) is 5.85. The predicted molar refractivity (Wildman–Crippen MR) is 95.1 cm³/mol. The number of nitrogens with one attached hydrogen (secondary N) is 1. The van der Waals surface area contributed by atoms with Gasteiger partial charge in [0, 0.05) is 18.2 Å². The molecule has 0 aromatic heterocycles. The molecule has 3 rings (SSSR count). The summed E-state index contributed by atoms with van der Waals surface area (Å²) in [6.07, 6.45) is 5.29. The molecule has 134 valence electrons. The fourth-order valence-electron chi connectivity index (χ4n) is 3.48. The van der Waals surface area contributed by atoms with E-state index < -0.39 is 0 Å². The molecule has 1 aromatic rings. The Morgan fingerprint density at radius 2 is 1.67 bits per heavy atom. The lowest BCUT2D eigenvalue weighted by atomic mass is 10.0. The minimum atomic E-state index is 0.679. The van der Waals surface area contributed by atoms with Crippen molar-refractivity contribution in [3.8, 4) is 17.2 Å². The quantitative estimate of drug-likeness (QED) is 0.792. The van der Waals surface area contributed by atoms with Crippen LogP contribution in [0.2, 0.25) is 0 Å². The lowest BCUT2D eigenvalue weighted by Gasteiger charge is -2.33. The number of hydrogen-bond donors (Lipinski definition) is 1. The van der Waals surface area contributed by atoms with Gasteiger partial charge in [0.25, 0.3) is 0 Å². The molecule has 0 bridgehead atoms. The van der Waals surface area contributed by atoms with Gasteiger partial charge in [0.1, 0.15) is 0 Å². The summed E-state index contributed by atoms with van der Waals surface area (Å²) in [5, 5.41) is 3.74. The van der Waals surface area contributed by atoms with E-state index in [0.717, 1.165) is 36.9 Å². The van der Waals surface area contributed by atoms with Crippen molar-refractivity contribution in [2.75, 3.05) is 41.0 Å². The van der Waals surface area contributed by atoms with Crippen molar-refractivity contribution in [1.82, 2.24) is 10.2 Å². The van der Waals surface area contributed by atoms with Crippen molar-refractivity contribution in [1.29, 1.82) is 0 Å². The van der Waals surface area contributed by atoms with Gasteiger partial charge in [-0.1, -0.05) is 6.07 Å². The second-order valence-corrected chi connectivity index (χ2v) is 6.90. The van der Waals surface area contributed by atoms with E-state index in [1.807, 2.05) is 6.07 Å². The summed E-state index contributed by atoms with van der Waals surface area (Å²) in [6, 6.07) is 4.73. The third-order valence-corrected chi connectivity index (χ3v) is 5.16. The highest BCUT2D eigenvalue weighted by molar-refractivity contribution is 5.55. The molecule has 1 N–H and O–H groups in total. The molecule has 0 amide bonds. The van der Waals surface area contributed by atoms with Gasteiger partial charge in [0.15, 0.2) is 11.5 Å². The maximum Gasteiger partial charge on any atom is 0.203 e. The number of nitrogens with zero attached hydrogens (tertiary/aromatic N) is 1. The average Bonchev–Trinajstić information content (AvgIpc) is 3.45. The average molecular weight is 334 g/mol. The first-order valence-corrected chi connectivity index (χ1v) is 8.98. The molecule has 1 aromatic carbocycles. The molecule has 5 nitrogen and oxygen atoms in total.